The number of rotatable bonds is 6. The van der Waals surface area contributed by atoms with E-state index in [0.29, 0.717) is 35.4 Å². The molecular formula is C26H28N6O2. The highest BCUT2D eigenvalue weighted by Gasteiger charge is 2.21. The van der Waals surface area contributed by atoms with Crippen molar-refractivity contribution < 1.29 is 9.53 Å². The minimum atomic E-state index is -0.356. The second kappa shape index (κ2) is 9.66. The van der Waals surface area contributed by atoms with Crippen LogP contribution in [0, 0.1) is 0 Å². The Kier molecular flexibility index (Phi) is 6.49. The normalized spacial score (nSPS) is 11.1. The first-order chi connectivity index (χ1) is 16.3. The van der Waals surface area contributed by atoms with Crippen LogP contribution in [0.1, 0.15) is 32.0 Å². The lowest BCUT2D eigenvalue weighted by molar-refractivity contribution is 0.262. The van der Waals surface area contributed by atoms with Crippen LogP contribution in [-0.4, -0.2) is 20.8 Å². The van der Waals surface area contributed by atoms with Gasteiger partial charge in [0.25, 0.3) is 0 Å². The van der Waals surface area contributed by atoms with E-state index in [-0.39, 0.29) is 11.4 Å². The van der Waals surface area contributed by atoms with Crippen LogP contribution in [0.2, 0.25) is 0 Å². The quantitative estimate of drug-likeness (QED) is 0.348. The average molecular weight is 457 g/mol. The summed E-state index contributed by atoms with van der Waals surface area (Å²) in [5.41, 5.74) is 8.16. The van der Waals surface area contributed by atoms with Gasteiger partial charge in [0.05, 0.1) is 12.2 Å². The molecule has 2 aromatic heterocycles. The molecule has 174 valence electrons. The number of nitrogens with zero attached hydrogens (tertiary/aromatic N) is 3. The van der Waals surface area contributed by atoms with Crippen LogP contribution < -0.4 is 21.1 Å². The smallest absolute Gasteiger partial charge is 0.324 e. The van der Waals surface area contributed by atoms with E-state index in [0.717, 1.165) is 11.3 Å². The molecule has 0 atom stereocenters. The van der Waals surface area contributed by atoms with Crippen molar-refractivity contribution in [2.24, 2.45) is 0 Å². The van der Waals surface area contributed by atoms with Crippen LogP contribution in [0.4, 0.5) is 22.1 Å². The number of amides is 2. The summed E-state index contributed by atoms with van der Waals surface area (Å²) in [7, 11) is 0. The molecule has 0 bridgehead atoms. The Balaban J connectivity index is 1.44. The zero-order chi connectivity index (χ0) is 24.1. The van der Waals surface area contributed by atoms with Crippen LogP contribution in [0.25, 0.3) is 0 Å². The molecule has 0 saturated heterocycles. The van der Waals surface area contributed by atoms with E-state index in [1.54, 1.807) is 42.6 Å². The number of aromatic nitrogens is 3. The molecule has 34 heavy (non-hydrogen) atoms. The molecule has 8 heteroatoms. The Morgan fingerprint density at radius 2 is 1.71 bits per heavy atom. The molecule has 0 aliphatic heterocycles. The first-order valence-electron chi connectivity index (χ1n) is 11.0. The van der Waals surface area contributed by atoms with Gasteiger partial charge < -0.3 is 15.8 Å². The fraction of sp³-hybridized carbons (Fsp3) is 0.192. The maximum atomic E-state index is 12.7. The number of nitrogens with two attached hydrogens (primary N) is 1. The van der Waals surface area contributed by atoms with Gasteiger partial charge in [0.2, 0.25) is 0 Å². The van der Waals surface area contributed by atoms with Gasteiger partial charge in [-0.2, -0.15) is 5.10 Å². The fourth-order valence-electron chi connectivity index (χ4n) is 3.27. The third-order valence-electron chi connectivity index (χ3n) is 5.07. The molecule has 8 nitrogen and oxygen atoms in total. The summed E-state index contributed by atoms with van der Waals surface area (Å²) in [6.45, 7) is 6.83. The fourth-order valence-corrected chi connectivity index (χ4v) is 3.27. The molecule has 0 fully saturated rings. The van der Waals surface area contributed by atoms with Gasteiger partial charge in [-0.05, 0) is 35.9 Å². The molecule has 0 saturated carbocycles. The molecule has 4 N–H and O–H groups in total. The van der Waals surface area contributed by atoms with Crippen molar-refractivity contribution in [1.82, 2.24) is 14.8 Å². The standard InChI is InChI=1S/C26H28N6O2/c1-26(2,3)22-16-24(32(31-22)17-18-7-5-4-6-8-18)30-25(33)29-19-9-11-20(12-10-19)34-21-13-14-28-23(27)15-21/h4-16H,17H2,1-3H3,(H2,27,28)(H2,29,30,33). The largest absolute Gasteiger partial charge is 0.457 e. The number of carbonyl (C=O) groups excluding carboxylic acids is 1. The van der Waals surface area contributed by atoms with Crippen molar-refractivity contribution in [3.05, 3.63) is 90.3 Å². The van der Waals surface area contributed by atoms with Crippen LogP contribution in [0.5, 0.6) is 11.5 Å². The molecule has 0 aliphatic carbocycles. The lowest BCUT2D eigenvalue weighted by Gasteiger charge is -2.14. The van der Waals surface area contributed by atoms with Gasteiger partial charge in [0.1, 0.15) is 23.1 Å². The zero-order valence-corrected chi connectivity index (χ0v) is 19.4. The Hall–Kier alpha value is -4.33. The van der Waals surface area contributed by atoms with Gasteiger partial charge in [-0.3, -0.25) is 5.32 Å². The van der Waals surface area contributed by atoms with E-state index in [2.05, 4.69) is 36.4 Å². The number of ether oxygens (including phenoxy) is 1. The van der Waals surface area contributed by atoms with E-state index < -0.39 is 0 Å². The first kappa shape index (κ1) is 22.8. The van der Waals surface area contributed by atoms with E-state index in [1.807, 2.05) is 41.1 Å². The second-order valence-electron chi connectivity index (χ2n) is 8.93. The highest BCUT2D eigenvalue weighted by atomic mass is 16.5. The van der Waals surface area contributed by atoms with Crippen LogP contribution in [0.3, 0.4) is 0 Å². The Labute approximate surface area is 198 Å². The third-order valence-corrected chi connectivity index (χ3v) is 5.07. The summed E-state index contributed by atoms with van der Waals surface area (Å²) >= 11 is 0. The minimum Gasteiger partial charge on any atom is -0.457 e. The van der Waals surface area contributed by atoms with Crippen molar-refractivity contribution in [3.63, 3.8) is 0 Å². The minimum absolute atomic E-state index is 0.149. The van der Waals surface area contributed by atoms with Gasteiger partial charge in [-0.1, -0.05) is 51.1 Å². The van der Waals surface area contributed by atoms with Crippen LogP contribution >= 0.6 is 0 Å². The first-order valence-corrected chi connectivity index (χ1v) is 11.0. The third kappa shape index (κ3) is 5.92. The monoisotopic (exact) mass is 456 g/mol. The molecule has 2 aromatic carbocycles. The summed E-state index contributed by atoms with van der Waals surface area (Å²) in [5.74, 6) is 2.22. The lowest BCUT2D eigenvalue weighted by atomic mass is 9.92. The number of carbonyl (C=O) groups is 1. The summed E-state index contributed by atoms with van der Waals surface area (Å²) in [5, 5.41) is 10.5. The molecule has 0 unspecified atom stereocenters. The van der Waals surface area contributed by atoms with Gasteiger partial charge in [0, 0.05) is 29.4 Å². The molecule has 4 aromatic rings. The van der Waals surface area contributed by atoms with Crippen LogP contribution in [-0.2, 0) is 12.0 Å². The van der Waals surface area contributed by atoms with Gasteiger partial charge in [-0.15, -0.1) is 0 Å². The molecule has 0 spiro atoms. The van der Waals surface area contributed by atoms with Gasteiger partial charge in [-0.25, -0.2) is 14.5 Å². The topological polar surface area (TPSA) is 107 Å². The van der Waals surface area contributed by atoms with Crippen LogP contribution in [0.15, 0.2) is 79.0 Å². The Morgan fingerprint density at radius 1 is 0.971 bits per heavy atom. The van der Waals surface area contributed by atoms with E-state index in [1.165, 1.54) is 0 Å². The summed E-state index contributed by atoms with van der Waals surface area (Å²) in [4.78, 5) is 16.7. The number of urea groups is 1. The molecule has 2 amide bonds. The molecule has 4 rings (SSSR count). The maximum Gasteiger partial charge on any atom is 0.324 e. The van der Waals surface area contributed by atoms with Gasteiger partial charge >= 0.3 is 6.03 Å². The Bertz CT molecular complexity index is 1260. The van der Waals surface area contributed by atoms with Crippen molar-refractivity contribution in [2.75, 3.05) is 16.4 Å². The Morgan fingerprint density at radius 3 is 2.38 bits per heavy atom. The van der Waals surface area contributed by atoms with E-state index in [9.17, 15) is 4.79 Å². The summed E-state index contributed by atoms with van der Waals surface area (Å²) < 4.78 is 7.57. The maximum absolute atomic E-state index is 12.7. The van der Waals surface area contributed by atoms with Gasteiger partial charge in [0.15, 0.2) is 0 Å². The lowest BCUT2D eigenvalue weighted by Crippen LogP contribution is -2.21. The number of benzene rings is 2. The number of nitrogens with one attached hydrogen (secondary N) is 2. The van der Waals surface area contributed by atoms with Crippen molar-refractivity contribution in [1.29, 1.82) is 0 Å². The average Bonchev–Trinajstić information content (AvgIpc) is 3.18. The zero-order valence-electron chi connectivity index (χ0n) is 19.4. The molecular weight excluding hydrogens is 428 g/mol. The summed E-state index contributed by atoms with van der Waals surface area (Å²) in [6.07, 6.45) is 1.58. The number of hydrogen-bond donors (Lipinski definition) is 3. The number of anilines is 3. The van der Waals surface area contributed by atoms with E-state index >= 15 is 0 Å². The van der Waals surface area contributed by atoms with Crippen molar-refractivity contribution in [3.8, 4) is 11.5 Å². The molecule has 2 heterocycles. The van der Waals surface area contributed by atoms with Crippen molar-refractivity contribution >= 4 is 23.4 Å². The summed E-state index contributed by atoms with van der Waals surface area (Å²) in [6, 6.07) is 22.0. The second-order valence-corrected chi connectivity index (χ2v) is 8.93. The SMILES string of the molecule is CC(C)(C)c1cc(NC(=O)Nc2ccc(Oc3ccnc(N)c3)cc2)n(Cc2ccccc2)n1. The number of hydrogen-bond acceptors (Lipinski definition) is 5. The number of pyridine rings is 1. The highest BCUT2D eigenvalue weighted by molar-refractivity contribution is 5.99. The molecule has 0 radical (unpaired) electrons. The number of nitrogen functional groups attached to an aromatic ring is 1. The van der Waals surface area contributed by atoms with E-state index in [4.69, 9.17) is 15.6 Å². The highest BCUT2D eigenvalue weighted by Crippen LogP contribution is 2.26. The predicted molar refractivity (Wildman–Crippen MR) is 134 cm³/mol. The van der Waals surface area contributed by atoms with Crippen molar-refractivity contribution in [2.45, 2.75) is 32.7 Å². The molecule has 0 aliphatic rings. The predicted octanol–water partition coefficient (Wildman–Crippen LogP) is 5.64.